The van der Waals surface area contributed by atoms with Gasteiger partial charge in [-0.3, -0.25) is 0 Å². The Morgan fingerprint density at radius 1 is 1.06 bits per heavy atom. The first-order valence-electron chi connectivity index (χ1n) is 4.79. The molecule has 0 nitrogen and oxygen atoms in total. The lowest BCUT2D eigenvalue weighted by Gasteiger charge is -2.07. The molecular weight excluding hydrogens is 230 g/mol. The standard InChI is InChI=1S/C13H9ClF2/c1-8-5-9(7-10(15)6-8)13-11(14)3-2-4-12(13)16/h2-7H,1H3. The smallest absolute Gasteiger partial charge is 0.132 e. The molecule has 0 radical (unpaired) electrons. The highest BCUT2D eigenvalue weighted by Gasteiger charge is 2.10. The van der Waals surface area contributed by atoms with Gasteiger partial charge in [0, 0.05) is 5.56 Å². The molecule has 0 aromatic heterocycles. The third-order valence-corrected chi connectivity index (χ3v) is 2.61. The number of hydrogen-bond acceptors (Lipinski definition) is 0. The molecule has 0 unspecified atom stereocenters. The van der Waals surface area contributed by atoms with Crippen molar-refractivity contribution in [2.75, 3.05) is 0 Å². The van der Waals surface area contributed by atoms with Crippen molar-refractivity contribution in [2.45, 2.75) is 6.92 Å². The van der Waals surface area contributed by atoms with Crippen LogP contribution < -0.4 is 0 Å². The van der Waals surface area contributed by atoms with Gasteiger partial charge in [0.1, 0.15) is 11.6 Å². The highest BCUT2D eigenvalue weighted by atomic mass is 35.5. The summed E-state index contributed by atoms with van der Waals surface area (Å²) in [4.78, 5) is 0. The molecule has 0 amide bonds. The maximum atomic E-state index is 13.6. The molecule has 0 aliphatic rings. The Kier molecular flexibility index (Phi) is 2.92. The van der Waals surface area contributed by atoms with Crippen LogP contribution in [0.2, 0.25) is 5.02 Å². The third-order valence-electron chi connectivity index (χ3n) is 2.29. The van der Waals surface area contributed by atoms with Gasteiger partial charge in [0.05, 0.1) is 5.02 Å². The molecule has 16 heavy (non-hydrogen) atoms. The zero-order chi connectivity index (χ0) is 11.7. The van der Waals surface area contributed by atoms with Crippen LogP contribution >= 0.6 is 11.6 Å². The van der Waals surface area contributed by atoms with Crippen LogP contribution in [0.3, 0.4) is 0 Å². The van der Waals surface area contributed by atoms with Gasteiger partial charge in [-0.1, -0.05) is 23.7 Å². The highest BCUT2D eigenvalue weighted by Crippen LogP contribution is 2.31. The molecule has 2 aromatic rings. The van der Waals surface area contributed by atoms with E-state index in [0.29, 0.717) is 5.56 Å². The second-order valence-corrected chi connectivity index (χ2v) is 4.02. The van der Waals surface area contributed by atoms with E-state index in [-0.39, 0.29) is 10.6 Å². The summed E-state index contributed by atoms with van der Waals surface area (Å²) < 4.78 is 26.8. The first-order valence-corrected chi connectivity index (χ1v) is 5.17. The van der Waals surface area contributed by atoms with Gasteiger partial charge in [0.25, 0.3) is 0 Å². The van der Waals surface area contributed by atoms with Crippen molar-refractivity contribution in [1.29, 1.82) is 0 Å². The Morgan fingerprint density at radius 3 is 2.44 bits per heavy atom. The van der Waals surface area contributed by atoms with Crippen molar-refractivity contribution in [3.05, 3.63) is 58.6 Å². The van der Waals surface area contributed by atoms with E-state index < -0.39 is 11.6 Å². The summed E-state index contributed by atoms with van der Waals surface area (Å²) in [5.74, 6) is -0.841. The van der Waals surface area contributed by atoms with Crippen molar-refractivity contribution in [3.63, 3.8) is 0 Å². The highest BCUT2D eigenvalue weighted by molar-refractivity contribution is 6.33. The van der Waals surface area contributed by atoms with E-state index in [1.807, 2.05) is 0 Å². The molecule has 2 rings (SSSR count). The Labute approximate surface area is 97.5 Å². The van der Waals surface area contributed by atoms with Gasteiger partial charge >= 0.3 is 0 Å². The monoisotopic (exact) mass is 238 g/mol. The van der Waals surface area contributed by atoms with Crippen molar-refractivity contribution < 1.29 is 8.78 Å². The Morgan fingerprint density at radius 2 is 1.81 bits per heavy atom. The largest absolute Gasteiger partial charge is 0.207 e. The van der Waals surface area contributed by atoms with Gasteiger partial charge in [-0.25, -0.2) is 8.78 Å². The van der Waals surface area contributed by atoms with Gasteiger partial charge in [0.2, 0.25) is 0 Å². The van der Waals surface area contributed by atoms with Gasteiger partial charge in [-0.05, 0) is 42.3 Å². The molecule has 0 saturated carbocycles. The van der Waals surface area contributed by atoms with Gasteiger partial charge in [-0.15, -0.1) is 0 Å². The molecule has 0 aliphatic carbocycles. The van der Waals surface area contributed by atoms with Crippen LogP contribution in [0.15, 0.2) is 36.4 Å². The van der Waals surface area contributed by atoms with Crippen LogP contribution in [-0.4, -0.2) is 0 Å². The topological polar surface area (TPSA) is 0 Å². The zero-order valence-corrected chi connectivity index (χ0v) is 9.35. The minimum Gasteiger partial charge on any atom is -0.207 e. The Balaban J connectivity index is 2.67. The minimum absolute atomic E-state index is 0.242. The van der Waals surface area contributed by atoms with Gasteiger partial charge in [-0.2, -0.15) is 0 Å². The predicted molar refractivity (Wildman–Crippen MR) is 61.5 cm³/mol. The Hall–Kier alpha value is -1.41. The van der Waals surface area contributed by atoms with Crippen LogP contribution in [0.1, 0.15) is 5.56 Å². The summed E-state index contributed by atoms with van der Waals surface area (Å²) in [7, 11) is 0. The van der Waals surface area contributed by atoms with Crippen LogP contribution in [0.5, 0.6) is 0 Å². The van der Waals surface area contributed by atoms with E-state index in [0.717, 1.165) is 5.56 Å². The van der Waals surface area contributed by atoms with E-state index in [2.05, 4.69) is 0 Å². The summed E-state index contributed by atoms with van der Waals surface area (Å²) in [5, 5.41) is 0.282. The number of aryl methyl sites for hydroxylation is 1. The molecule has 82 valence electrons. The van der Waals surface area contributed by atoms with Crippen molar-refractivity contribution >= 4 is 11.6 Å². The zero-order valence-electron chi connectivity index (χ0n) is 8.60. The SMILES string of the molecule is Cc1cc(F)cc(-c2c(F)cccc2Cl)c1. The van der Waals surface area contributed by atoms with E-state index in [1.165, 1.54) is 24.3 Å². The van der Waals surface area contributed by atoms with Crippen LogP contribution in [0.25, 0.3) is 11.1 Å². The molecule has 0 atom stereocenters. The number of hydrogen-bond donors (Lipinski definition) is 0. The van der Waals surface area contributed by atoms with Gasteiger partial charge < -0.3 is 0 Å². The first kappa shape index (κ1) is 11.1. The van der Waals surface area contributed by atoms with Gasteiger partial charge in [0.15, 0.2) is 0 Å². The average molecular weight is 239 g/mol. The molecule has 2 aromatic carbocycles. The normalized spacial score (nSPS) is 10.5. The summed E-state index contributed by atoms with van der Waals surface area (Å²) >= 11 is 5.91. The van der Waals surface area contributed by atoms with Crippen LogP contribution in [0, 0.1) is 18.6 Å². The fourth-order valence-corrected chi connectivity index (χ4v) is 1.93. The summed E-state index contributed by atoms with van der Waals surface area (Å²) in [6.45, 7) is 1.75. The second-order valence-electron chi connectivity index (χ2n) is 3.61. The van der Waals surface area contributed by atoms with E-state index >= 15 is 0 Å². The fraction of sp³-hybridized carbons (Fsp3) is 0.0769. The van der Waals surface area contributed by atoms with E-state index in [9.17, 15) is 8.78 Å². The quantitative estimate of drug-likeness (QED) is 0.682. The maximum absolute atomic E-state index is 13.6. The summed E-state index contributed by atoms with van der Waals surface area (Å²) in [6.07, 6.45) is 0. The molecule has 0 heterocycles. The lowest BCUT2D eigenvalue weighted by Crippen LogP contribution is -1.88. The minimum atomic E-state index is -0.447. The van der Waals surface area contributed by atoms with Crippen molar-refractivity contribution in [3.8, 4) is 11.1 Å². The molecular formula is C13H9ClF2. The van der Waals surface area contributed by atoms with Crippen molar-refractivity contribution in [1.82, 2.24) is 0 Å². The molecule has 0 spiro atoms. The van der Waals surface area contributed by atoms with Crippen LogP contribution in [0.4, 0.5) is 8.78 Å². The fourth-order valence-electron chi connectivity index (χ4n) is 1.65. The Bertz CT molecular complexity index is 495. The molecule has 0 fully saturated rings. The molecule has 3 heteroatoms. The molecule has 0 bridgehead atoms. The lowest BCUT2D eigenvalue weighted by molar-refractivity contribution is 0.624. The number of benzene rings is 2. The summed E-state index contributed by atoms with van der Waals surface area (Å²) in [6, 6.07) is 8.78. The van der Waals surface area contributed by atoms with Crippen molar-refractivity contribution in [2.24, 2.45) is 0 Å². The van der Waals surface area contributed by atoms with Crippen LogP contribution in [-0.2, 0) is 0 Å². The average Bonchev–Trinajstić information content (AvgIpc) is 2.15. The summed E-state index contributed by atoms with van der Waals surface area (Å²) in [5.41, 5.74) is 1.43. The molecule has 0 saturated heterocycles. The number of halogens is 3. The first-order chi connectivity index (χ1) is 7.58. The van der Waals surface area contributed by atoms with E-state index in [1.54, 1.807) is 19.1 Å². The lowest BCUT2D eigenvalue weighted by atomic mass is 10.0. The maximum Gasteiger partial charge on any atom is 0.132 e. The van der Waals surface area contributed by atoms with E-state index in [4.69, 9.17) is 11.6 Å². The third kappa shape index (κ3) is 2.07. The number of rotatable bonds is 1. The molecule has 0 N–H and O–H groups in total. The molecule has 0 aliphatic heterocycles. The predicted octanol–water partition coefficient (Wildman–Crippen LogP) is 4.59. The second kappa shape index (κ2) is 4.22.